The van der Waals surface area contributed by atoms with E-state index in [9.17, 15) is 28.0 Å². The number of halogens is 6. The molecular weight excluding hydrogens is 718 g/mol. The number of rotatable bonds is 7. The molecule has 1 atom stereocenters. The molecule has 45 heavy (non-hydrogen) atoms. The minimum atomic E-state index is -5.04. The Labute approximate surface area is 276 Å². The lowest BCUT2D eigenvalue weighted by atomic mass is 9.95. The molecular formula is C31H19BrCl2F3N3O4S. The Morgan fingerprint density at radius 3 is 2.53 bits per heavy atom. The molecule has 230 valence electrons. The minimum absolute atomic E-state index is 0.000462. The monoisotopic (exact) mass is 735 g/mol. The first-order valence-electron chi connectivity index (χ1n) is 13.1. The zero-order chi connectivity index (χ0) is 32.5. The Morgan fingerprint density at radius 1 is 1.16 bits per heavy atom. The number of alkyl halides is 3. The van der Waals surface area contributed by atoms with Crippen LogP contribution in [0.4, 0.5) is 13.2 Å². The average molecular weight is 737 g/mol. The van der Waals surface area contributed by atoms with Crippen LogP contribution in [0.2, 0.25) is 10.0 Å². The molecule has 1 aliphatic heterocycles. The number of carbonyl (C=O) groups is 1. The lowest BCUT2D eigenvalue weighted by molar-refractivity contribution is -0.140. The molecule has 2 heterocycles. The highest BCUT2D eigenvalue weighted by molar-refractivity contribution is 9.10. The van der Waals surface area contributed by atoms with E-state index in [0.29, 0.717) is 37.5 Å². The second kappa shape index (κ2) is 13.2. The molecule has 0 unspecified atom stereocenters. The highest BCUT2D eigenvalue weighted by atomic mass is 79.9. The van der Waals surface area contributed by atoms with Crippen molar-refractivity contribution in [3.05, 3.63) is 128 Å². The lowest BCUT2D eigenvalue weighted by Crippen LogP contribution is -2.41. The zero-order valence-corrected chi connectivity index (χ0v) is 26.9. The smallest absolute Gasteiger partial charge is 0.434 e. The molecule has 1 aliphatic rings. The summed E-state index contributed by atoms with van der Waals surface area (Å²) < 4.78 is 55.7. The topological polar surface area (TPSA) is 93.7 Å². The Balaban J connectivity index is 1.72. The van der Waals surface area contributed by atoms with Crippen LogP contribution in [-0.2, 0) is 16.1 Å². The Hall–Kier alpha value is -3.89. The summed E-state index contributed by atoms with van der Waals surface area (Å²) in [5, 5.41) is 10.0. The first kappa shape index (κ1) is 32.5. The fourth-order valence-electron chi connectivity index (χ4n) is 4.69. The van der Waals surface area contributed by atoms with Crippen molar-refractivity contribution in [1.82, 2.24) is 4.57 Å². The summed E-state index contributed by atoms with van der Waals surface area (Å²) >= 11 is 16.5. The van der Waals surface area contributed by atoms with Crippen molar-refractivity contribution in [3.63, 3.8) is 0 Å². The molecule has 7 nitrogen and oxygen atoms in total. The van der Waals surface area contributed by atoms with E-state index in [1.807, 2.05) is 0 Å². The molecule has 0 saturated heterocycles. The van der Waals surface area contributed by atoms with Crippen LogP contribution < -0.4 is 19.6 Å². The van der Waals surface area contributed by atoms with Crippen LogP contribution in [0.1, 0.15) is 35.2 Å². The summed E-state index contributed by atoms with van der Waals surface area (Å²) in [6, 6.07) is 16.3. The van der Waals surface area contributed by atoms with E-state index in [2.05, 4.69) is 27.0 Å². The van der Waals surface area contributed by atoms with Crippen molar-refractivity contribution >= 4 is 62.5 Å². The molecule has 0 aliphatic carbocycles. The third-order valence-electron chi connectivity index (χ3n) is 6.61. The number of fused-ring (bicyclic) bond motifs is 1. The SMILES string of the molecule is CCOC(=O)C1=C(C(F)(F)F)N=c2s/c(=C\c3cc(Cl)cc(Br)c3OCc3ccccc3C#N)c(=O)n2[C@H]1c1ccc(Cl)cc1. The van der Waals surface area contributed by atoms with E-state index < -0.39 is 35.0 Å². The van der Waals surface area contributed by atoms with E-state index in [1.54, 1.807) is 30.3 Å². The maximum atomic E-state index is 14.4. The fourth-order valence-corrected chi connectivity index (χ4v) is 6.75. The van der Waals surface area contributed by atoms with Gasteiger partial charge in [0.15, 0.2) is 10.5 Å². The predicted molar refractivity (Wildman–Crippen MR) is 167 cm³/mol. The fraction of sp³-hybridized carbons (Fsp3) is 0.161. The summed E-state index contributed by atoms with van der Waals surface area (Å²) in [4.78, 5) is 30.5. The number of carbonyl (C=O) groups excluding carboxylic acids is 1. The number of esters is 1. The number of aromatic nitrogens is 1. The van der Waals surface area contributed by atoms with Gasteiger partial charge in [-0.05, 0) is 64.8 Å². The van der Waals surface area contributed by atoms with Gasteiger partial charge in [-0.1, -0.05) is 64.9 Å². The van der Waals surface area contributed by atoms with Gasteiger partial charge in [0, 0.05) is 21.2 Å². The second-order valence-corrected chi connectivity index (χ2v) is 12.2. The van der Waals surface area contributed by atoms with E-state index >= 15 is 0 Å². The third kappa shape index (κ3) is 6.72. The Bertz CT molecular complexity index is 2070. The lowest BCUT2D eigenvalue weighted by Gasteiger charge is -2.26. The van der Waals surface area contributed by atoms with Gasteiger partial charge in [0.25, 0.3) is 5.56 Å². The van der Waals surface area contributed by atoms with Crippen molar-refractivity contribution in [2.75, 3.05) is 6.61 Å². The zero-order valence-electron chi connectivity index (χ0n) is 23.0. The van der Waals surface area contributed by atoms with Gasteiger partial charge < -0.3 is 9.47 Å². The molecule has 1 aromatic heterocycles. The number of benzene rings is 3. The van der Waals surface area contributed by atoms with E-state index in [-0.39, 0.29) is 38.9 Å². The summed E-state index contributed by atoms with van der Waals surface area (Å²) in [7, 11) is 0. The molecule has 4 aromatic rings. The van der Waals surface area contributed by atoms with Gasteiger partial charge >= 0.3 is 12.1 Å². The van der Waals surface area contributed by atoms with Gasteiger partial charge in [-0.3, -0.25) is 9.36 Å². The van der Waals surface area contributed by atoms with Gasteiger partial charge in [0.05, 0.1) is 38.9 Å². The van der Waals surface area contributed by atoms with Gasteiger partial charge in [0.1, 0.15) is 12.4 Å². The molecule has 0 fully saturated rings. The van der Waals surface area contributed by atoms with E-state index in [1.165, 1.54) is 43.3 Å². The van der Waals surface area contributed by atoms with Crippen molar-refractivity contribution in [3.8, 4) is 11.8 Å². The summed E-state index contributed by atoms with van der Waals surface area (Å²) in [5.74, 6) is -0.981. The van der Waals surface area contributed by atoms with Gasteiger partial charge in [0.2, 0.25) is 0 Å². The number of nitrogens with zero attached hydrogens (tertiary/aromatic N) is 3. The van der Waals surface area contributed by atoms with E-state index in [0.717, 1.165) is 4.57 Å². The quantitative estimate of drug-likeness (QED) is 0.193. The normalized spacial score (nSPS) is 14.9. The minimum Gasteiger partial charge on any atom is -0.487 e. The number of hydrogen-bond acceptors (Lipinski definition) is 7. The molecule has 0 bridgehead atoms. The van der Waals surface area contributed by atoms with Crippen LogP contribution in [-0.4, -0.2) is 23.3 Å². The largest absolute Gasteiger partial charge is 0.487 e. The first-order valence-corrected chi connectivity index (χ1v) is 15.4. The predicted octanol–water partition coefficient (Wildman–Crippen LogP) is 6.86. The number of allylic oxidation sites excluding steroid dienone is 1. The molecule has 0 amide bonds. The standard InChI is InChI=1S/C31H19BrCl2F3N3O4S/c1-2-43-29(42)24-25(16-7-9-20(33)10-8-16)40-28(41)23(45-30(40)39-27(24)31(35,36)37)12-19-11-21(34)13-22(32)26(19)44-15-18-6-4-3-5-17(18)14-38/h3-13,25H,2,15H2,1H3/b23-12-/t25-/m0/s1. The van der Waals surface area contributed by atoms with Crippen LogP contribution in [0, 0.1) is 11.3 Å². The average Bonchev–Trinajstić information content (AvgIpc) is 3.30. The van der Waals surface area contributed by atoms with Crippen molar-refractivity contribution in [2.24, 2.45) is 4.99 Å². The first-order chi connectivity index (χ1) is 21.4. The third-order valence-corrected chi connectivity index (χ3v) is 8.66. The van der Waals surface area contributed by atoms with Crippen LogP contribution in [0.3, 0.4) is 0 Å². The molecule has 14 heteroatoms. The highest BCUT2D eigenvalue weighted by Crippen LogP contribution is 2.39. The van der Waals surface area contributed by atoms with Gasteiger partial charge in [-0.15, -0.1) is 0 Å². The summed E-state index contributed by atoms with van der Waals surface area (Å²) in [6.07, 6.45) is -3.62. The molecule has 0 saturated carbocycles. The number of thiazole rings is 1. The molecule has 3 aromatic carbocycles. The van der Waals surface area contributed by atoms with Crippen LogP contribution in [0.15, 0.2) is 86.2 Å². The van der Waals surface area contributed by atoms with Crippen LogP contribution in [0.25, 0.3) is 6.08 Å². The maximum Gasteiger partial charge on any atom is 0.434 e. The van der Waals surface area contributed by atoms with Gasteiger partial charge in [-0.2, -0.15) is 18.4 Å². The molecule has 0 spiro atoms. The van der Waals surface area contributed by atoms with E-state index in [4.69, 9.17) is 32.7 Å². The molecule has 0 N–H and O–H groups in total. The summed E-state index contributed by atoms with van der Waals surface area (Å²) in [5.41, 5.74) is -1.44. The summed E-state index contributed by atoms with van der Waals surface area (Å²) in [6.45, 7) is 1.26. The highest BCUT2D eigenvalue weighted by Gasteiger charge is 2.45. The van der Waals surface area contributed by atoms with Crippen molar-refractivity contribution in [2.45, 2.75) is 25.7 Å². The van der Waals surface area contributed by atoms with Crippen molar-refractivity contribution in [1.29, 1.82) is 5.26 Å². The number of hydrogen-bond donors (Lipinski definition) is 0. The molecule has 0 radical (unpaired) electrons. The van der Waals surface area contributed by atoms with Crippen molar-refractivity contribution < 1.29 is 27.4 Å². The number of nitriles is 1. The Morgan fingerprint density at radius 2 is 1.87 bits per heavy atom. The second-order valence-electron chi connectivity index (χ2n) is 9.48. The van der Waals surface area contributed by atoms with Gasteiger partial charge in [-0.25, -0.2) is 9.79 Å². The van der Waals surface area contributed by atoms with Crippen LogP contribution >= 0.6 is 50.5 Å². The maximum absolute atomic E-state index is 14.4. The molecule has 5 rings (SSSR count). The Kier molecular flexibility index (Phi) is 9.55. The van der Waals surface area contributed by atoms with Crippen LogP contribution in [0.5, 0.6) is 5.75 Å². The number of ether oxygens (including phenoxy) is 2.